The summed E-state index contributed by atoms with van der Waals surface area (Å²) in [5.74, 6) is 0.852. The van der Waals surface area contributed by atoms with Crippen LogP contribution < -0.4 is 10.1 Å². The van der Waals surface area contributed by atoms with Crippen molar-refractivity contribution < 1.29 is 4.74 Å². The average Bonchev–Trinajstić information content (AvgIpc) is 3.32. The van der Waals surface area contributed by atoms with Gasteiger partial charge in [0.25, 0.3) is 0 Å². The fourth-order valence-corrected chi connectivity index (χ4v) is 4.50. The number of unbranched alkanes of at least 4 members (excludes halogenated alkanes) is 1. The van der Waals surface area contributed by atoms with Crippen molar-refractivity contribution in [1.29, 1.82) is 0 Å². The van der Waals surface area contributed by atoms with Crippen LogP contribution in [0.5, 0.6) is 5.75 Å². The molecule has 0 bridgehead atoms. The average molecular weight is 421 g/mol. The van der Waals surface area contributed by atoms with Gasteiger partial charge in [-0.2, -0.15) is 0 Å². The minimum absolute atomic E-state index is 0.00172. The van der Waals surface area contributed by atoms with Crippen molar-refractivity contribution in [2.45, 2.75) is 38.8 Å². The van der Waals surface area contributed by atoms with Gasteiger partial charge in [0.15, 0.2) is 5.11 Å². The summed E-state index contributed by atoms with van der Waals surface area (Å²) in [5, 5.41) is 4.34. The fraction of sp³-hybridized carbons (Fsp3) is 0.333. The summed E-state index contributed by atoms with van der Waals surface area (Å²) < 4.78 is 7.66. The van der Waals surface area contributed by atoms with Gasteiger partial charge in [-0.25, -0.2) is 0 Å². The summed E-state index contributed by atoms with van der Waals surface area (Å²) in [6.07, 6.45) is 4.06. The van der Waals surface area contributed by atoms with Crippen molar-refractivity contribution in [2.24, 2.45) is 0 Å². The maximum atomic E-state index is 5.77. The molecule has 0 saturated carbocycles. The molecule has 0 amide bonds. The lowest BCUT2D eigenvalue weighted by Gasteiger charge is -2.29. The molecule has 2 aromatic heterocycles. The Balaban J connectivity index is 1.81. The van der Waals surface area contributed by atoms with E-state index >= 15 is 0 Å². The van der Waals surface area contributed by atoms with Crippen molar-refractivity contribution in [3.63, 3.8) is 0 Å². The maximum Gasteiger partial charge on any atom is 0.170 e. The zero-order valence-electron chi connectivity index (χ0n) is 17.7. The Morgan fingerprint density at radius 2 is 1.90 bits per heavy atom. The summed E-state index contributed by atoms with van der Waals surface area (Å²) in [7, 11) is 1.69. The molecule has 2 atom stereocenters. The molecular formula is C24H28N4OS. The number of hydrogen-bond donors (Lipinski definition) is 1. The summed E-state index contributed by atoms with van der Waals surface area (Å²) in [6, 6.07) is 18.7. The van der Waals surface area contributed by atoms with Crippen molar-refractivity contribution >= 4 is 17.3 Å². The molecule has 1 aliphatic heterocycles. The van der Waals surface area contributed by atoms with Crippen LogP contribution in [0.15, 0.2) is 60.8 Å². The topological polar surface area (TPSA) is 42.3 Å². The number of aromatic nitrogens is 2. The van der Waals surface area contributed by atoms with Gasteiger partial charge in [0.2, 0.25) is 0 Å². The fourth-order valence-electron chi connectivity index (χ4n) is 4.17. The minimum atomic E-state index is 0.00172. The van der Waals surface area contributed by atoms with E-state index in [4.69, 9.17) is 17.0 Å². The van der Waals surface area contributed by atoms with Gasteiger partial charge in [0.1, 0.15) is 5.75 Å². The van der Waals surface area contributed by atoms with Crippen LogP contribution in [0.3, 0.4) is 0 Å². The lowest BCUT2D eigenvalue weighted by atomic mass is 10.0. The Bertz CT molecular complexity index is 1000. The number of nitrogens with zero attached hydrogens (tertiary/aromatic N) is 3. The van der Waals surface area contributed by atoms with Crippen LogP contribution in [0.4, 0.5) is 0 Å². The third kappa shape index (κ3) is 3.79. The standard InChI is InChI=1S/C24H28N4OS/c1-4-5-16-27-23(22(26-24(27)30)20-8-6-7-15-25-20)21-14-9-17(2)28(21)18-10-12-19(29-3)13-11-18/h6-15,22-23H,4-5,16H2,1-3H3,(H,26,30)/t22-,23+/m1/s1. The molecule has 156 valence electrons. The molecule has 0 radical (unpaired) electrons. The van der Waals surface area contributed by atoms with Gasteiger partial charge >= 0.3 is 0 Å². The summed E-state index contributed by atoms with van der Waals surface area (Å²) in [5.41, 5.74) is 4.50. The van der Waals surface area contributed by atoms with E-state index < -0.39 is 0 Å². The van der Waals surface area contributed by atoms with E-state index in [-0.39, 0.29) is 12.1 Å². The Hall–Kier alpha value is -2.86. The summed E-state index contributed by atoms with van der Waals surface area (Å²) in [4.78, 5) is 6.97. The van der Waals surface area contributed by atoms with E-state index in [1.165, 1.54) is 11.4 Å². The van der Waals surface area contributed by atoms with Gasteiger partial charge in [-0.1, -0.05) is 19.4 Å². The first-order valence-electron chi connectivity index (χ1n) is 10.4. The van der Waals surface area contributed by atoms with E-state index in [1.54, 1.807) is 7.11 Å². The molecular weight excluding hydrogens is 392 g/mol. The molecule has 1 saturated heterocycles. The van der Waals surface area contributed by atoms with E-state index in [9.17, 15) is 0 Å². The Morgan fingerprint density at radius 1 is 1.10 bits per heavy atom. The predicted octanol–water partition coefficient (Wildman–Crippen LogP) is 4.96. The smallest absolute Gasteiger partial charge is 0.170 e. The summed E-state index contributed by atoms with van der Waals surface area (Å²) >= 11 is 5.77. The largest absolute Gasteiger partial charge is 0.497 e. The van der Waals surface area contributed by atoms with Crippen molar-refractivity contribution in [1.82, 2.24) is 19.8 Å². The Morgan fingerprint density at radius 3 is 2.57 bits per heavy atom. The maximum absolute atomic E-state index is 5.77. The molecule has 0 aliphatic carbocycles. The SMILES string of the molecule is CCCCN1C(=S)N[C@H](c2ccccn2)[C@@H]1c1ccc(C)n1-c1ccc(OC)cc1. The summed E-state index contributed by atoms with van der Waals surface area (Å²) in [6.45, 7) is 5.27. The monoisotopic (exact) mass is 420 g/mol. The van der Waals surface area contributed by atoms with Crippen LogP contribution in [0.1, 0.15) is 48.9 Å². The van der Waals surface area contributed by atoms with Crippen molar-refractivity contribution in [2.75, 3.05) is 13.7 Å². The normalized spacial score (nSPS) is 18.5. The first-order valence-corrected chi connectivity index (χ1v) is 10.9. The molecule has 1 fully saturated rings. The molecule has 6 heteroatoms. The number of methoxy groups -OCH3 is 1. The third-order valence-electron chi connectivity index (χ3n) is 5.69. The number of ether oxygens (including phenoxy) is 1. The van der Waals surface area contributed by atoms with Gasteiger partial charge in [-0.3, -0.25) is 4.98 Å². The van der Waals surface area contributed by atoms with E-state index in [0.717, 1.165) is 41.6 Å². The zero-order chi connectivity index (χ0) is 21.1. The number of aryl methyl sites for hydroxylation is 1. The van der Waals surface area contributed by atoms with E-state index in [1.807, 2.05) is 30.5 Å². The van der Waals surface area contributed by atoms with Crippen molar-refractivity contribution in [3.05, 3.63) is 77.9 Å². The van der Waals surface area contributed by atoms with Gasteiger partial charge in [-0.05, 0) is 74.1 Å². The van der Waals surface area contributed by atoms with Gasteiger partial charge < -0.3 is 19.5 Å². The van der Waals surface area contributed by atoms with Crippen LogP contribution in [0.2, 0.25) is 0 Å². The molecule has 0 unspecified atom stereocenters. The van der Waals surface area contributed by atoms with Crippen LogP contribution in [0.25, 0.3) is 5.69 Å². The highest BCUT2D eigenvalue weighted by molar-refractivity contribution is 7.80. The Kier molecular flexibility index (Phi) is 6.04. The number of pyridine rings is 1. The van der Waals surface area contributed by atoms with Crippen LogP contribution >= 0.6 is 12.2 Å². The van der Waals surface area contributed by atoms with Crippen molar-refractivity contribution in [3.8, 4) is 11.4 Å². The highest BCUT2D eigenvalue weighted by atomic mass is 32.1. The van der Waals surface area contributed by atoms with Gasteiger partial charge in [0, 0.05) is 29.8 Å². The second kappa shape index (κ2) is 8.88. The molecule has 5 nitrogen and oxygen atoms in total. The minimum Gasteiger partial charge on any atom is -0.497 e. The molecule has 1 aliphatic rings. The lowest BCUT2D eigenvalue weighted by Crippen LogP contribution is -2.31. The second-order valence-electron chi connectivity index (χ2n) is 7.61. The Labute approximate surface area is 183 Å². The lowest BCUT2D eigenvalue weighted by molar-refractivity contribution is 0.304. The van der Waals surface area contributed by atoms with Crippen LogP contribution in [-0.2, 0) is 0 Å². The van der Waals surface area contributed by atoms with E-state index in [0.29, 0.717) is 0 Å². The van der Waals surface area contributed by atoms with E-state index in [2.05, 4.69) is 63.9 Å². The molecule has 1 N–H and O–H groups in total. The molecule has 30 heavy (non-hydrogen) atoms. The van der Waals surface area contributed by atoms with Crippen LogP contribution in [0, 0.1) is 6.92 Å². The second-order valence-corrected chi connectivity index (χ2v) is 7.99. The molecule has 3 aromatic rings. The molecule has 3 heterocycles. The number of hydrogen-bond acceptors (Lipinski definition) is 3. The third-order valence-corrected chi connectivity index (χ3v) is 6.04. The van der Waals surface area contributed by atoms with Gasteiger partial charge in [0.05, 0.1) is 24.9 Å². The molecule has 1 aromatic carbocycles. The number of nitrogens with one attached hydrogen (secondary N) is 1. The number of benzene rings is 1. The first-order chi connectivity index (χ1) is 14.6. The van der Waals surface area contributed by atoms with Crippen LogP contribution in [-0.4, -0.2) is 33.2 Å². The zero-order valence-corrected chi connectivity index (χ0v) is 18.5. The number of thiocarbonyl (C=S) groups is 1. The first kappa shape index (κ1) is 20.4. The number of rotatable bonds is 7. The quantitative estimate of drug-likeness (QED) is 0.547. The van der Waals surface area contributed by atoms with Gasteiger partial charge in [-0.15, -0.1) is 0 Å². The molecule has 4 rings (SSSR count). The molecule has 0 spiro atoms. The predicted molar refractivity (Wildman–Crippen MR) is 124 cm³/mol. The highest BCUT2D eigenvalue weighted by Crippen LogP contribution is 2.40. The highest BCUT2D eigenvalue weighted by Gasteiger charge is 2.41.